The molecule has 1 fully saturated rings. The molecule has 1 aliphatic rings. The summed E-state index contributed by atoms with van der Waals surface area (Å²) in [4.78, 5) is 14.0. The fraction of sp³-hybridized carbons (Fsp3) is 0.375. The maximum atomic E-state index is 11.1. The third kappa shape index (κ3) is 1.18. The van der Waals surface area contributed by atoms with Crippen molar-refractivity contribution >= 4 is 17.4 Å². The summed E-state index contributed by atoms with van der Waals surface area (Å²) in [6.07, 6.45) is 0. The monoisotopic (exact) mass is 182 g/mol. The van der Waals surface area contributed by atoms with Crippen LogP contribution in [0.4, 0.5) is 4.79 Å². The van der Waals surface area contributed by atoms with E-state index in [1.165, 1.54) is 4.88 Å². The first-order chi connectivity index (χ1) is 5.77. The van der Waals surface area contributed by atoms with Crippen LogP contribution in [0.1, 0.15) is 10.9 Å². The van der Waals surface area contributed by atoms with Gasteiger partial charge in [-0.15, -0.1) is 11.3 Å². The van der Waals surface area contributed by atoms with Gasteiger partial charge in [-0.25, -0.2) is 4.79 Å². The Balaban J connectivity index is 2.14. The molecule has 0 saturated carbocycles. The Bertz CT molecular complexity index is 283. The molecule has 2 heterocycles. The van der Waals surface area contributed by atoms with E-state index in [1.54, 1.807) is 16.2 Å². The molecule has 1 aromatic rings. The predicted molar refractivity (Wildman–Crippen MR) is 48.2 cm³/mol. The van der Waals surface area contributed by atoms with E-state index in [0.29, 0.717) is 0 Å². The van der Waals surface area contributed by atoms with Crippen molar-refractivity contribution in [1.82, 2.24) is 10.2 Å². The van der Waals surface area contributed by atoms with E-state index in [1.807, 2.05) is 18.5 Å². The van der Waals surface area contributed by atoms with Gasteiger partial charge < -0.3 is 10.2 Å². The molecule has 1 N–H and O–H groups in total. The van der Waals surface area contributed by atoms with E-state index in [0.717, 1.165) is 6.54 Å². The Morgan fingerprint density at radius 1 is 1.75 bits per heavy atom. The Morgan fingerprint density at radius 2 is 2.58 bits per heavy atom. The number of hydrogen-bond donors (Lipinski definition) is 1. The molecule has 4 heteroatoms. The van der Waals surface area contributed by atoms with Crippen LogP contribution in [0.25, 0.3) is 0 Å². The number of carbonyl (C=O) groups excluding carboxylic acids is 1. The fourth-order valence-corrected chi connectivity index (χ4v) is 2.08. The van der Waals surface area contributed by atoms with Crippen molar-refractivity contribution in [2.45, 2.75) is 6.04 Å². The van der Waals surface area contributed by atoms with Crippen molar-refractivity contribution in [1.29, 1.82) is 0 Å². The smallest absolute Gasteiger partial charge is 0.317 e. The molecule has 1 aliphatic heterocycles. The molecular formula is C8H10N2OS. The Kier molecular flexibility index (Phi) is 1.77. The SMILES string of the molecule is CN1CC(c2cccs2)NC1=O. The van der Waals surface area contributed by atoms with Crippen LogP contribution in [-0.2, 0) is 0 Å². The normalized spacial score (nSPS) is 22.9. The lowest BCUT2D eigenvalue weighted by molar-refractivity contribution is 0.226. The van der Waals surface area contributed by atoms with Crippen molar-refractivity contribution < 1.29 is 4.79 Å². The number of rotatable bonds is 1. The highest BCUT2D eigenvalue weighted by atomic mass is 32.1. The fourth-order valence-electron chi connectivity index (χ4n) is 1.31. The number of carbonyl (C=O) groups is 1. The van der Waals surface area contributed by atoms with E-state index in [4.69, 9.17) is 0 Å². The molecule has 0 aromatic carbocycles. The zero-order valence-corrected chi connectivity index (χ0v) is 7.60. The van der Waals surface area contributed by atoms with Crippen molar-refractivity contribution in [2.24, 2.45) is 0 Å². The van der Waals surface area contributed by atoms with Crippen LogP contribution in [0.2, 0.25) is 0 Å². The average Bonchev–Trinajstić information content (AvgIpc) is 2.61. The van der Waals surface area contributed by atoms with Gasteiger partial charge in [-0.2, -0.15) is 0 Å². The van der Waals surface area contributed by atoms with Gasteiger partial charge in [0.2, 0.25) is 0 Å². The van der Waals surface area contributed by atoms with Gasteiger partial charge in [0.25, 0.3) is 0 Å². The molecule has 0 bridgehead atoms. The second-order valence-electron chi connectivity index (χ2n) is 2.90. The van der Waals surface area contributed by atoms with Gasteiger partial charge in [-0.1, -0.05) is 6.07 Å². The lowest BCUT2D eigenvalue weighted by Crippen LogP contribution is -2.23. The highest BCUT2D eigenvalue weighted by Crippen LogP contribution is 2.22. The van der Waals surface area contributed by atoms with Crippen LogP contribution in [0.3, 0.4) is 0 Å². The van der Waals surface area contributed by atoms with Crippen LogP contribution < -0.4 is 5.32 Å². The Morgan fingerprint density at radius 3 is 3.08 bits per heavy atom. The highest BCUT2D eigenvalue weighted by molar-refractivity contribution is 7.10. The lowest BCUT2D eigenvalue weighted by Gasteiger charge is -2.05. The molecule has 1 aromatic heterocycles. The summed E-state index contributed by atoms with van der Waals surface area (Å²) < 4.78 is 0. The largest absolute Gasteiger partial charge is 0.329 e. The van der Waals surface area contributed by atoms with Gasteiger partial charge >= 0.3 is 6.03 Å². The van der Waals surface area contributed by atoms with Crippen molar-refractivity contribution in [2.75, 3.05) is 13.6 Å². The van der Waals surface area contributed by atoms with Crippen LogP contribution in [0, 0.1) is 0 Å². The minimum absolute atomic E-state index is 0.0217. The molecule has 3 nitrogen and oxygen atoms in total. The molecule has 0 radical (unpaired) electrons. The number of thiophene rings is 1. The average molecular weight is 182 g/mol. The summed E-state index contributed by atoms with van der Waals surface area (Å²) in [7, 11) is 1.81. The minimum atomic E-state index is 0.0217. The van der Waals surface area contributed by atoms with E-state index in [-0.39, 0.29) is 12.1 Å². The Hall–Kier alpha value is -1.03. The summed E-state index contributed by atoms with van der Waals surface area (Å²) in [5, 5.41) is 4.93. The third-order valence-electron chi connectivity index (χ3n) is 1.99. The summed E-state index contributed by atoms with van der Waals surface area (Å²) >= 11 is 1.68. The second kappa shape index (κ2) is 2.79. The van der Waals surface area contributed by atoms with Crippen LogP contribution >= 0.6 is 11.3 Å². The minimum Gasteiger partial charge on any atom is -0.329 e. The van der Waals surface area contributed by atoms with E-state index < -0.39 is 0 Å². The number of urea groups is 1. The number of likely N-dealkylation sites (N-methyl/N-ethyl adjacent to an activating group) is 1. The first-order valence-electron chi connectivity index (χ1n) is 3.82. The van der Waals surface area contributed by atoms with Crippen molar-refractivity contribution in [3.05, 3.63) is 22.4 Å². The number of nitrogens with zero attached hydrogens (tertiary/aromatic N) is 1. The van der Waals surface area contributed by atoms with Crippen molar-refractivity contribution in [3.8, 4) is 0 Å². The molecule has 2 amide bonds. The molecule has 1 saturated heterocycles. The highest BCUT2D eigenvalue weighted by Gasteiger charge is 2.26. The summed E-state index contributed by atoms with van der Waals surface area (Å²) in [5.74, 6) is 0. The molecular weight excluding hydrogens is 172 g/mol. The van der Waals surface area contributed by atoms with Gasteiger partial charge in [0, 0.05) is 18.5 Å². The van der Waals surface area contributed by atoms with Crippen LogP contribution in [0.5, 0.6) is 0 Å². The van der Waals surface area contributed by atoms with E-state index >= 15 is 0 Å². The predicted octanol–water partition coefficient (Wildman–Crippen LogP) is 1.44. The third-order valence-corrected chi connectivity index (χ3v) is 2.97. The molecule has 12 heavy (non-hydrogen) atoms. The second-order valence-corrected chi connectivity index (χ2v) is 3.88. The van der Waals surface area contributed by atoms with Gasteiger partial charge in [0.05, 0.1) is 6.04 Å². The van der Waals surface area contributed by atoms with Gasteiger partial charge in [-0.3, -0.25) is 0 Å². The van der Waals surface area contributed by atoms with Gasteiger partial charge in [-0.05, 0) is 11.4 Å². The zero-order valence-electron chi connectivity index (χ0n) is 6.78. The number of amides is 2. The molecule has 1 unspecified atom stereocenters. The summed E-state index contributed by atoms with van der Waals surface area (Å²) in [5.41, 5.74) is 0. The maximum Gasteiger partial charge on any atom is 0.317 e. The molecule has 0 spiro atoms. The topological polar surface area (TPSA) is 32.3 Å². The molecule has 1 atom stereocenters. The van der Waals surface area contributed by atoms with E-state index in [2.05, 4.69) is 11.4 Å². The van der Waals surface area contributed by atoms with Crippen molar-refractivity contribution in [3.63, 3.8) is 0 Å². The first-order valence-corrected chi connectivity index (χ1v) is 4.70. The Labute approximate surface area is 75.0 Å². The summed E-state index contributed by atoms with van der Waals surface area (Å²) in [6.45, 7) is 0.777. The molecule has 0 aliphatic carbocycles. The zero-order chi connectivity index (χ0) is 8.55. The molecule has 64 valence electrons. The summed E-state index contributed by atoms with van der Waals surface area (Å²) in [6, 6.07) is 4.27. The van der Waals surface area contributed by atoms with E-state index in [9.17, 15) is 4.79 Å². The maximum absolute atomic E-state index is 11.1. The number of nitrogens with one attached hydrogen (secondary N) is 1. The number of hydrogen-bond acceptors (Lipinski definition) is 2. The van der Waals surface area contributed by atoms with Gasteiger partial charge in [0.15, 0.2) is 0 Å². The lowest BCUT2D eigenvalue weighted by atomic mass is 10.2. The molecule has 2 rings (SSSR count). The first kappa shape index (κ1) is 7.61. The quantitative estimate of drug-likeness (QED) is 0.700. The van der Waals surface area contributed by atoms with Gasteiger partial charge in [0.1, 0.15) is 0 Å². The standard InChI is InChI=1S/C8H10N2OS/c1-10-5-6(9-8(10)11)7-3-2-4-12-7/h2-4,6H,5H2,1H3,(H,9,11). The van der Waals surface area contributed by atoms with Crippen LogP contribution in [-0.4, -0.2) is 24.5 Å². The van der Waals surface area contributed by atoms with Crippen LogP contribution in [0.15, 0.2) is 17.5 Å².